The van der Waals surface area contributed by atoms with Crippen LogP contribution in [-0.4, -0.2) is 88.1 Å². The Morgan fingerprint density at radius 3 is 2.62 bits per heavy atom. The van der Waals surface area contributed by atoms with Crippen LogP contribution < -0.4 is 5.32 Å². The minimum Gasteiger partial charge on any atom is -0.381 e. The average Bonchev–Trinajstić information content (AvgIpc) is 3.37. The molecule has 0 radical (unpaired) electrons. The van der Waals surface area contributed by atoms with Crippen LogP contribution >= 0.6 is 23.6 Å². The summed E-state index contributed by atoms with van der Waals surface area (Å²) in [4.78, 5) is 19.0. The van der Waals surface area contributed by atoms with E-state index in [-0.39, 0.29) is 47.8 Å². The topological polar surface area (TPSA) is 185 Å². The molecular weight excluding hydrogens is 572 g/mol. The Labute approximate surface area is 236 Å². The first-order valence-electron chi connectivity index (χ1n) is 12.7. The number of aromatic nitrogens is 2. The minimum absolute atomic E-state index is 0.112. The average molecular weight is 609 g/mol. The van der Waals surface area contributed by atoms with Gasteiger partial charge < -0.3 is 10.1 Å². The molecule has 3 atom stereocenters. The lowest BCUT2D eigenvalue weighted by Crippen LogP contribution is -2.54. The molecule has 17 heteroatoms. The van der Waals surface area contributed by atoms with Crippen LogP contribution in [0.1, 0.15) is 64.1 Å². The molecule has 0 aliphatic heterocycles. The van der Waals surface area contributed by atoms with Crippen molar-refractivity contribution in [3.8, 4) is 0 Å². The van der Waals surface area contributed by atoms with Gasteiger partial charge in [-0.05, 0) is 57.9 Å². The molecule has 1 heterocycles. The van der Waals surface area contributed by atoms with Crippen molar-refractivity contribution in [1.82, 2.24) is 19.6 Å². The first-order chi connectivity index (χ1) is 18.6. The SMILES string of the molecule is C=C(SOOO)c1nsc(N=NC2CCC(N(CCCS(=O)(=O)O)C3CCC(OC)CC3)CC2NC(C)=O)n1. The van der Waals surface area contributed by atoms with Crippen molar-refractivity contribution in [2.75, 3.05) is 19.4 Å². The Hall–Kier alpha value is -1.57. The number of carbonyl (C=O) groups excluding carboxylic acids is 1. The zero-order valence-electron chi connectivity index (χ0n) is 22.0. The summed E-state index contributed by atoms with van der Waals surface area (Å²) < 4.78 is 46.0. The van der Waals surface area contributed by atoms with E-state index in [9.17, 15) is 17.8 Å². The molecule has 3 rings (SSSR count). The van der Waals surface area contributed by atoms with Crippen molar-refractivity contribution >= 4 is 49.6 Å². The van der Waals surface area contributed by atoms with E-state index < -0.39 is 10.1 Å². The number of carbonyl (C=O) groups is 1. The van der Waals surface area contributed by atoms with Gasteiger partial charge in [-0.25, -0.2) is 5.26 Å². The molecule has 2 fully saturated rings. The fraction of sp³-hybridized carbons (Fsp3) is 0.773. The van der Waals surface area contributed by atoms with Gasteiger partial charge in [-0.15, -0.1) is 9.45 Å². The summed E-state index contributed by atoms with van der Waals surface area (Å²) >= 11 is 1.68. The van der Waals surface area contributed by atoms with E-state index >= 15 is 0 Å². The summed E-state index contributed by atoms with van der Waals surface area (Å²) in [5.74, 6) is -0.192. The third-order valence-corrected chi connectivity index (χ3v) is 8.95. The van der Waals surface area contributed by atoms with E-state index in [1.165, 1.54) is 6.92 Å². The second kappa shape index (κ2) is 15.4. The maximum Gasteiger partial charge on any atom is 0.264 e. The van der Waals surface area contributed by atoms with Crippen LogP contribution in [0.5, 0.6) is 0 Å². The van der Waals surface area contributed by atoms with Gasteiger partial charge in [0.25, 0.3) is 10.1 Å². The summed E-state index contributed by atoms with van der Waals surface area (Å²) in [5.41, 5.74) is 0. The summed E-state index contributed by atoms with van der Waals surface area (Å²) in [5, 5.41) is 23.9. The molecule has 0 aromatic carbocycles. The van der Waals surface area contributed by atoms with Gasteiger partial charge in [0.15, 0.2) is 5.82 Å². The quantitative estimate of drug-likeness (QED) is 0.0917. The van der Waals surface area contributed by atoms with Gasteiger partial charge >= 0.3 is 0 Å². The molecule has 1 amide bonds. The van der Waals surface area contributed by atoms with Crippen molar-refractivity contribution in [2.24, 2.45) is 10.2 Å². The molecule has 2 saturated carbocycles. The molecule has 39 heavy (non-hydrogen) atoms. The number of nitrogens with one attached hydrogen (secondary N) is 1. The first-order valence-corrected chi connectivity index (χ1v) is 15.8. The minimum atomic E-state index is -4.04. The highest BCUT2D eigenvalue weighted by Gasteiger charge is 2.37. The maximum absolute atomic E-state index is 12.0. The van der Waals surface area contributed by atoms with Gasteiger partial charge in [-0.3, -0.25) is 14.2 Å². The predicted molar refractivity (Wildman–Crippen MR) is 146 cm³/mol. The summed E-state index contributed by atoms with van der Waals surface area (Å²) in [7, 11) is -2.32. The molecule has 2 aliphatic rings. The highest BCUT2D eigenvalue weighted by molar-refractivity contribution is 8.03. The number of methoxy groups -OCH3 is 1. The number of hydrogen-bond donors (Lipinski definition) is 3. The van der Waals surface area contributed by atoms with E-state index in [4.69, 9.17) is 9.99 Å². The second-order valence-corrected chi connectivity index (χ2v) is 12.7. The third-order valence-electron chi connectivity index (χ3n) is 7.03. The number of azo groups is 1. The normalized spacial score (nSPS) is 26.2. The zero-order valence-corrected chi connectivity index (χ0v) is 24.4. The predicted octanol–water partition coefficient (Wildman–Crippen LogP) is 3.63. The highest BCUT2D eigenvalue weighted by Crippen LogP contribution is 2.33. The van der Waals surface area contributed by atoms with Crippen molar-refractivity contribution in [3.63, 3.8) is 0 Å². The van der Waals surface area contributed by atoms with E-state index in [1.807, 2.05) is 0 Å². The van der Waals surface area contributed by atoms with Gasteiger partial charge in [0.1, 0.15) is 0 Å². The van der Waals surface area contributed by atoms with Crippen LogP contribution in [-0.2, 0) is 29.0 Å². The number of ether oxygens (including phenoxy) is 1. The van der Waals surface area contributed by atoms with Crippen molar-refractivity contribution in [1.29, 1.82) is 0 Å². The summed E-state index contributed by atoms with van der Waals surface area (Å²) in [6.45, 7) is 5.73. The van der Waals surface area contributed by atoms with Crippen LogP contribution in [0, 0.1) is 0 Å². The molecule has 0 bridgehead atoms. The lowest BCUT2D eigenvalue weighted by molar-refractivity contribution is -0.431. The van der Waals surface area contributed by atoms with Crippen molar-refractivity contribution in [2.45, 2.75) is 88.6 Å². The first kappa shape index (κ1) is 32.0. The van der Waals surface area contributed by atoms with E-state index in [0.29, 0.717) is 47.9 Å². The Bertz CT molecular complexity index is 1080. The lowest BCUT2D eigenvalue weighted by atomic mass is 9.83. The lowest BCUT2D eigenvalue weighted by Gasteiger charge is -2.45. The van der Waals surface area contributed by atoms with Crippen LogP contribution in [0.2, 0.25) is 0 Å². The van der Waals surface area contributed by atoms with Gasteiger partial charge in [0, 0.05) is 37.6 Å². The van der Waals surface area contributed by atoms with Gasteiger partial charge in [-0.2, -0.15) is 22.9 Å². The van der Waals surface area contributed by atoms with Crippen molar-refractivity contribution < 1.29 is 37.1 Å². The number of rotatable bonds is 14. The van der Waals surface area contributed by atoms with E-state index in [0.717, 1.165) is 43.6 Å². The summed E-state index contributed by atoms with van der Waals surface area (Å²) in [6.07, 6.45) is 6.39. The van der Waals surface area contributed by atoms with Crippen molar-refractivity contribution in [3.05, 3.63) is 12.4 Å². The molecule has 3 unspecified atom stereocenters. The number of nitrogens with zero attached hydrogens (tertiary/aromatic N) is 5. The maximum atomic E-state index is 12.0. The smallest absolute Gasteiger partial charge is 0.264 e. The van der Waals surface area contributed by atoms with Gasteiger partial charge in [0.2, 0.25) is 11.0 Å². The monoisotopic (exact) mass is 608 g/mol. The molecule has 14 nitrogen and oxygen atoms in total. The molecule has 2 aliphatic carbocycles. The fourth-order valence-corrected chi connectivity index (χ4v) is 6.64. The second-order valence-electron chi connectivity index (χ2n) is 9.65. The largest absolute Gasteiger partial charge is 0.381 e. The van der Waals surface area contributed by atoms with Gasteiger partial charge in [0.05, 0.1) is 40.9 Å². The van der Waals surface area contributed by atoms with Crippen LogP contribution in [0.15, 0.2) is 16.8 Å². The Kier molecular flexibility index (Phi) is 12.6. The molecular formula is C22H36N6O8S3. The standard InChI is InChI=1S/C22H36N6O8S3/c1-14(38-36-35-30)21-24-22(37-27-21)26-25-19-10-7-17(13-20(19)23-15(2)29)28(11-4-12-39(31,32)33)16-5-8-18(34-3)9-6-16/h16-20,30H,1,4-13H2,2-3H3,(H,23,29)(H,31,32,33). The Morgan fingerprint density at radius 1 is 1.26 bits per heavy atom. The Morgan fingerprint density at radius 2 is 1.97 bits per heavy atom. The van der Waals surface area contributed by atoms with Gasteiger partial charge in [-0.1, -0.05) is 11.6 Å². The van der Waals surface area contributed by atoms with Crippen LogP contribution in [0.25, 0.3) is 4.91 Å². The molecule has 3 N–H and O–H groups in total. The molecule has 0 spiro atoms. The van der Waals surface area contributed by atoms with Crippen LogP contribution in [0.4, 0.5) is 5.13 Å². The number of amides is 1. The fourth-order valence-electron chi connectivity index (χ4n) is 5.28. The molecule has 220 valence electrons. The Balaban J connectivity index is 1.70. The van der Waals surface area contributed by atoms with E-state index in [1.54, 1.807) is 7.11 Å². The molecule has 0 saturated heterocycles. The van der Waals surface area contributed by atoms with E-state index in [2.05, 4.69) is 45.8 Å². The third kappa shape index (κ3) is 10.4. The van der Waals surface area contributed by atoms with Crippen LogP contribution in [0.3, 0.4) is 0 Å². The molecule has 1 aromatic heterocycles. The number of hydrogen-bond acceptors (Lipinski definition) is 14. The highest BCUT2D eigenvalue weighted by atomic mass is 32.2. The summed E-state index contributed by atoms with van der Waals surface area (Å²) in [6, 6.07) is -0.159. The molecule has 1 aromatic rings. The zero-order chi connectivity index (χ0) is 28.4.